The molecule has 0 saturated carbocycles. The van der Waals surface area contributed by atoms with Crippen LogP contribution in [0, 0.1) is 27.7 Å². The maximum absolute atomic E-state index is 2.58. The minimum atomic E-state index is -0.306. The van der Waals surface area contributed by atoms with E-state index in [1.807, 2.05) is 0 Å². The maximum Gasteiger partial charge on any atom is 0.0465 e. The van der Waals surface area contributed by atoms with Gasteiger partial charge in [-0.2, -0.15) is 0 Å². The predicted octanol–water partition coefficient (Wildman–Crippen LogP) is 19.0. The Labute approximate surface area is 414 Å². The van der Waals surface area contributed by atoms with Gasteiger partial charge >= 0.3 is 0 Å². The number of benzene rings is 10. The van der Waals surface area contributed by atoms with E-state index >= 15 is 0 Å². The zero-order valence-corrected chi connectivity index (χ0v) is 41.5. The fraction of sp³-hybridized carbons (Fsp3) is 0.147. The van der Waals surface area contributed by atoms with Crippen LogP contribution >= 0.6 is 0 Å². The average molecular weight is 903 g/mol. The Hall–Kier alpha value is -7.94. The monoisotopic (exact) mass is 902 g/mol. The van der Waals surface area contributed by atoms with Gasteiger partial charge in [0, 0.05) is 45.0 Å². The average Bonchev–Trinajstić information content (AvgIpc) is 3.73. The molecule has 0 aromatic heterocycles. The predicted molar refractivity (Wildman–Crippen MR) is 298 cm³/mol. The molecule has 0 N–H and O–H groups in total. The van der Waals surface area contributed by atoms with Gasteiger partial charge in [-0.25, -0.2) is 0 Å². The van der Waals surface area contributed by atoms with Crippen molar-refractivity contribution in [3.8, 4) is 44.5 Å². The summed E-state index contributed by atoms with van der Waals surface area (Å²) in [6, 6.07) is 77.7. The molecule has 70 heavy (non-hydrogen) atoms. The second-order valence-corrected chi connectivity index (χ2v) is 20.9. The lowest BCUT2D eigenvalue weighted by Gasteiger charge is -2.28. The van der Waals surface area contributed by atoms with Gasteiger partial charge in [-0.3, -0.25) is 0 Å². The first-order chi connectivity index (χ1) is 33.9. The molecule has 0 aliphatic heterocycles. The maximum atomic E-state index is 2.58. The number of hydrogen-bond acceptors (Lipinski definition) is 2. The third-order valence-corrected chi connectivity index (χ3v) is 15.5. The Kier molecular flexibility index (Phi) is 10.1. The van der Waals surface area contributed by atoms with Crippen molar-refractivity contribution in [3.05, 3.63) is 251 Å². The highest BCUT2D eigenvalue weighted by Crippen LogP contribution is 2.60. The van der Waals surface area contributed by atoms with Gasteiger partial charge in [0.2, 0.25) is 0 Å². The van der Waals surface area contributed by atoms with E-state index in [0.29, 0.717) is 0 Å². The van der Waals surface area contributed by atoms with Gasteiger partial charge in [-0.1, -0.05) is 171 Å². The first-order valence-electron chi connectivity index (χ1n) is 24.8. The van der Waals surface area contributed by atoms with Crippen LogP contribution in [0.1, 0.15) is 72.2 Å². The smallest absolute Gasteiger partial charge is 0.0465 e. The van der Waals surface area contributed by atoms with E-state index in [2.05, 4.69) is 271 Å². The van der Waals surface area contributed by atoms with E-state index in [4.69, 9.17) is 0 Å². The molecule has 0 saturated heterocycles. The van der Waals surface area contributed by atoms with Crippen LogP contribution in [-0.4, -0.2) is 0 Å². The summed E-state index contributed by atoms with van der Waals surface area (Å²) in [6.07, 6.45) is 0. The summed E-state index contributed by atoms with van der Waals surface area (Å²) in [6.45, 7) is 18.4. The van der Waals surface area contributed by atoms with Gasteiger partial charge in [0.25, 0.3) is 0 Å². The molecule has 10 aromatic rings. The molecule has 340 valence electrons. The van der Waals surface area contributed by atoms with Crippen molar-refractivity contribution in [2.45, 2.75) is 66.2 Å². The summed E-state index contributed by atoms with van der Waals surface area (Å²) in [4.78, 5) is 4.83. The van der Waals surface area contributed by atoms with E-state index in [0.717, 1.165) is 34.1 Å². The van der Waals surface area contributed by atoms with Gasteiger partial charge in [-0.15, -0.1) is 0 Å². The van der Waals surface area contributed by atoms with Crippen LogP contribution in [0.2, 0.25) is 0 Å². The first-order valence-corrected chi connectivity index (χ1v) is 24.8. The van der Waals surface area contributed by atoms with E-state index in [1.165, 1.54) is 99.8 Å². The normalized spacial score (nSPS) is 13.7. The van der Waals surface area contributed by atoms with Gasteiger partial charge in [-0.05, 0) is 190 Å². The molecule has 0 spiro atoms. The molecule has 0 radical (unpaired) electrons. The molecule has 0 heterocycles. The Morgan fingerprint density at radius 2 is 0.557 bits per heavy atom. The summed E-state index contributed by atoms with van der Waals surface area (Å²) in [5, 5.41) is 2.58. The highest BCUT2D eigenvalue weighted by Gasteiger charge is 2.42. The van der Waals surface area contributed by atoms with Crippen molar-refractivity contribution in [2.24, 2.45) is 0 Å². The SMILES string of the molecule is Cc1ccc(N(c2ccc(C)cc2)c2ccc3c(c2)C(C)(C)c2cc4c(-c5ccccc5)c5c(cc4c(-c4ccccc4)c2-3)C(C)(C)c2cc(N(c3ccc(C)cc3)c3ccc(C)cc3)ccc2-5)cc1. The molecule has 0 fully saturated rings. The van der Waals surface area contributed by atoms with Crippen LogP contribution in [0.3, 0.4) is 0 Å². The lowest BCUT2D eigenvalue weighted by Crippen LogP contribution is -2.17. The van der Waals surface area contributed by atoms with Gasteiger partial charge in [0.1, 0.15) is 0 Å². The summed E-state index contributed by atoms with van der Waals surface area (Å²) < 4.78 is 0. The minimum Gasteiger partial charge on any atom is -0.310 e. The Balaban J connectivity index is 1.10. The quantitative estimate of drug-likeness (QED) is 0.150. The van der Waals surface area contributed by atoms with E-state index in [9.17, 15) is 0 Å². The van der Waals surface area contributed by atoms with Crippen LogP contribution in [-0.2, 0) is 10.8 Å². The highest BCUT2D eigenvalue weighted by molar-refractivity contribution is 6.17. The van der Waals surface area contributed by atoms with Gasteiger partial charge in [0.05, 0.1) is 0 Å². The highest BCUT2D eigenvalue weighted by atomic mass is 15.1. The molecule has 0 amide bonds. The molecule has 10 aromatic carbocycles. The third-order valence-electron chi connectivity index (χ3n) is 15.5. The minimum absolute atomic E-state index is 0.306. The second-order valence-electron chi connectivity index (χ2n) is 20.9. The number of nitrogens with zero attached hydrogens (tertiary/aromatic N) is 2. The molecule has 2 aliphatic carbocycles. The molecule has 12 rings (SSSR count). The third kappa shape index (κ3) is 6.91. The summed E-state index contributed by atoms with van der Waals surface area (Å²) in [5.41, 5.74) is 27.1. The number of anilines is 6. The number of hydrogen-bond donors (Lipinski definition) is 0. The zero-order chi connectivity index (χ0) is 48.1. The molecule has 2 nitrogen and oxygen atoms in total. The van der Waals surface area contributed by atoms with E-state index < -0.39 is 0 Å². The molecule has 0 bridgehead atoms. The van der Waals surface area contributed by atoms with Crippen molar-refractivity contribution < 1.29 is 0 Å². The molecular weight excluding hydrogens is 845 g/mol. The molecular formula is C68H58N2. The number of aryl methyl sites for hydroxylation is 4. The fourth-order valence-corrected chi connectivity index (χ4v) is 11.7. The Bertz CT molecular complexity index is 3300. The van der Waals surface area contributed by atoms with Crippen LogP contribution in [0.4, 0.5) is 34.1 Å². The molecule has 2 heteroatoms. The molecule has 0 unspecified atom stereocenters. The van der Waals surface area contributed by atoms with Crippen LogP contribution in [0.25, 0.3) is 55.3 Å². The molecule has 2 aliphatic rings. The largest absolute Gasteiger partial charge is 0.310 e. The topological polar surface area (TPSA) is 6.48 Å². The van der Waals surface area contributed by atoms with Crippen molar-refractivity contribution in [1.82, 2.24) is 0 Å². The van der Waals surface area contributed by atoms with Crippen molar-refractivity contribution in [1.29, 1.82) is 0 Å². The van der Waals surface area contributed by atoms with Crippen molar-refractivity contribution in [3.63, 3.8) is 0 Å². The lowest BCUT2D eigenvalue weighted by atomic mass is 9.76. The summed E-state index contributed by atoms with van der Waals surface area (Å²) in [5.74, 6) is 0. The van der Waals surface area contributed by atoms with E-state index in [-0.39, 0.29) is 10.8 Å². The Morgan fingerprint density at radius 1 is 0.271 bits per heavy atom. The van der Waals surface area contributed by atoms with Gasteiger partial charge < -0.3 is 9.80 Å². The van der Waals surface area contributed by atoms with Gasteiger partial charge in [0.15, 0.2) is 0 Å². The second kappa shape index (κ2) is 16.4. The van der Waals surface area contributed by atoms with Crippen LogP contribution in [0.15, 0.2) is 206 Å². The summed E-state index contributed by atoms with van der Waals surface area (Å²) in [7, 11) is 0. The molecule has 0 atom stereocenters. The fourth-order valence-electron chi connectivity index (χ4n) is 11.7. The Morgan fingerprint density at radius 3 is 0.857 bits per heavy atom. The van der Waals surface area contributed by atoms with Crippen LogP contribution in [0.5, 0.6) is 0 Å². The first kappa shape index (κ1) is 43.3. The van der Waals surface area contributed by atoms with Crippen molar-refractivity contribution in [2.75, 3.05) is 9.80 Å². The standard InChI is InChI=1S/C68H58N2/c1-43-19-27-49(28-20-43)69(50-29-21-44(2)22-30-50)53-35-37-55-59(39-53)67(5,6)61-41-57-58(63(65(55)61)47-15-11-9-12-16-47)42-62-66(64(57)48-17-13-10-14-18-48)56-38-36-54(40-60(56)68(62,7)8)70(51-31-23-45(3)24-32-51)52-33-25-46(4)26-34-52/h9-42H,1-8H3. The lowest BCUT2D eigenvalue weighted by molar-refractivity contribution is 0.660. The number of fused-ring (bicyclic) bond motifs is 7. The van der Waals surface area contributed by atoms with E-state index in [1.54, 1.807) is 0 Å². The summed E-state index contributed by atoms with van der Waals surface area (Å²) >= 11 is 0. The zero-order valence-electron chi connectivity index (χ0n) is 41.5. The number of rotatable bonds is 8. The van der Waals surface area contributed by atoms with Crippen molar-refractivity contribution >= 4 is 44.9 Å². The van der Waals surface area contributed by atoms with Crippen LogP contribution < -0.4 is 9.80 Å².